The van der Waals surface area contributed by atoms with Crippen LogP contribution < -0.4 is 10.6 Å². The molecule has 1 aliphatic rings. The van der Waals surface area contributed by atoms with E-state index in [2.05, 4.69) is 10.6 Å². The Labute approximate surface area is 247 Å². The van der Waals surface area contributed by atoms with Gasteiger partial charge in [-0.05, 0) is 61.6 Å². The van der Waals surface area contributed by atoms with Crippen molar-refractivity contribution < 1.29 is 29.3 Å². The van der Waals surface area contributed by atoms with Crippen LogP contribution in [-0.2, 0) is 26.3 Å². The quantitative estimate of drug-likeness (QED) is 0.322. The number of esters is 1. The highest BCUT2D eigenvalue weighted by Crippen LogP contribution is 2.46. The number of nitrogens with zero attached hydrogens (tertiary/aromatic N) is 1. The number of piperidine rings is 1. The lowest BCUT2D eigenvalue weighted by molar-refractivity contribution is -0.155. The number of hydrogen-bond acceptors (Lipinski definition) is 6. The molecule has 0 radical (unpaired) electrons. The third-order valence-corrected chi connectivity index (χ3v) is 7.90. The van der Waals surface area contributed by atoms with Gasteiger partial charge in [-0.15, -0.1) is 0 Å². The van der Waals surface area contributed by atoms with E-state index < -0.39 is 34.7 Å². The van der Waals surface area contributed by atoms with Crippen molar-refractivity contribution in [3.8, 4) is 5.75 Å². The van der Waals surface area contributed by atoms with Crippen LogP contribution in [0.2, 0.25) is 5.02 Å². The fraction of sp³-hybridized carbons (Fsp3) is 0.516. The monoisotopic (exact) mass is 587 g/mol. The van der Waals surface area contributed by atoms with Gasteiger partial charge in [0, 0.05) is 23.5 Å². The van der Waals surface area contributed by atoms with Gasteiger partial charge in [0.1, 0.15) is 17.4 Å². The minimum absolute atomic E-state index is 0.0269. The number of phenols is 1. The van der Waals surface area contributed by atoms with E-state index in [-0.39, 0.29) is 30.5 Å². The maximum Gasteiger partial charge on any atom is 0.315 e. The summed E-state index contributed by atoms with van der Waals surface area (Å²) in [5.41, 5.74) is -1.35. The van der Waals surface area contributed by atoms with Crippen molar-refractivity contribution in [3.63, 3.8) is 0 Å². The highest BCUT2D eigenvalue weighted by molar-refractivity contribution is 6.30. The molecule has 41 heavy (non-hydrogen) atoms. The zero-order valence-corrected chi connectivity index (χ0v) is 25.4. The number of halogens is 1. The summed E-state index contributed by atoms with van der Waals surface area (Å²) in [6, 6.07) is 12.1. The Morgan fingerprint density at radius 2 is 1.68 bits per heavy atom. The molecule has 0 aliphatic carbocycles. The number of ether oxygens (including phenoxy) is 1. The highest BCUT2D eigenvalue weighted by Gasteiger charge is 2.50. The maximum absolute atomic E-state index is 13.6. The number of aromatic hydroxyl groups is 1. The molecule has 2 aromatic carbocycles. The van der Waals surface area contributed by atoms with E-state index in [0.29, 0.717) is 30.1 Å². The van der Waals surface area contributed by atoms with E-state index in [0.717, 1.165) is 5.56 Å². The van der Waals surface area contributed by atoms with Gasteiger partial charge in [-0.1, -0.05) is 63.6 Å². The normalized spacial score (nSPS) is 19.4. The fourth-order valence-corrected chi connectivity index (χ4v) is 5.25. The summed E-state index contributed by atoms with van der Waals surface area (Å²) in [6.45, 7) is 11.6. The summed E-state index contributed by atoms with van der Waals surface area (Å²) >= 11 is 6.04. The molecule has 10 heteroatoms. The molecule has 0 bridgehead atoms. The number of urea groups is 1. The number of nitrogens with one attached hydrogen (secondary N) is 2. The minimum Gasteiger partial charge on any atom is -0.508 e. The van der Waals surface area contributed by atoms with Crippen LogP contribution in [0.25, 0.3) is 0 Å². The van der Waals surface area contributed by atoms with E-state index in [1.54, 1.807) is 43.0 Å². The molecule has 0 saturated carbocycles. The average molecular weight is 588 g/mol. The molecule has 224 valence electrons. The molecular weight excluding hydrogens is 546 g/mol. The van der Waals surface area contributed by atoms with Gasteiger partial charge in [-0.3, -0.25) is 9.59 Å². The Morgan fingerprint density at radius 3 is 2.24 bits per heavy atom. The third-order valence-electron chi connectivity index (χ3n) is 7.65. The number of rotatable bonds is 9. The van der Waals surface area contributed by atoms with Crippen LogP contribution in [0.1, 0.15) is 59.1 Å². The van der Waals surface area contributed by atoms with Gasteiger partial charge in [-0.2, -0.15) is 0 Å². The molecule has 1 heterocycles. The Bertz CT molecular complexity index is 1230. The van der Waals surface area contributed by atoms with Crippen LogP contribution in [0.4, 0.5) is 4.79 Å². The van der Waals surface area contributed by atoms with E-state index in [4.69, 9.17) is 16.3 Å². The molecule has 3 amide bonds. The Kier molecular flexibility index (Phi) is 9.98. The number of benzene rings is 2. The van der Waals surface area contributed by atoms with Crippen LogP contribution >= 0.6 is 11.6 Å². The van der Waals surface area contributed by atoms with Crippen LogP contribution in [0, 0.1) is 11.3 Å². The highest BCUT2D eigenvalue weighted by atomic mass is 35.5. The number of aliphatic hydroxyl groups is 1. The summed E-state index contributed by atoms with van der Waals surface area (Å²) in [7, 11) is 0. The summed E-state index contributed by atoms with van der Waals surface area (Å²) in [5.74, 6) is -0.769. The summed E-state index contributed by atoms with van der Waals surface area (Å²) < 4.78 is 5.55. The molecular formula is C31H42ClN3O6. The second-order valence-electron chi connectivity index (χ2n) is 12.4. The molecule has 1 aliphatic heterocycles. The van der Waals surface area contributed by atoms with Crippen LogP contribution in [0.15, 0.2) is 48.5 Å². The van der Waals surface area contributed by atoms with Gasteiger partial charge < -0.3 is 30.5 Å². The van der Waals surface area contributed by atoms with Crippen molar-refractivity contribution in [2.24, 2.45) is 11.3 Å². The topological polar surface area (TPSA) is 128 Å². The van der Waals surface area contributed by atoms with E-state index in [9.17, 15) is 24.6 Å². The molecule has 3 rings (SSSR count). The number of carbonyl (C=O) groups is 3. The van der Waals surface area contributed by atoms with Gasteiger partial charge >= 0.3 is 12.0 Å². The maximum atomic E-state index is 13.6. The zero-order valence-electron chi connectivity index (χ0n) is 24.7. The SMILES string of the molecule is CC(C)[C@@H](NC(=O)NCC(C)(C)OC(=O)Cc1ccc(O)cc1)C(=O)N1CC[C@](O)(c2ccc(Cl)cc2)C(C)(C)C1. The summed E-state index contributed by atoms with van der Waals surface area (Å²) in [5, 5.41) is 27.1. The van der Waals surface area contributed by atoms with Gasteiger partial charge in [0.25, 0.3) is 0 Å². The first-order valence-corrected chi connectivity index (χ1v) is 14.2. The minimum atomic E-state index is -1.14. The predicted octanol–water partition coefficient (Wildman–Crippen LogP) is 4.38. The van der Waals surface area contributed by atoms with Crippen LogP contribution in [-0.4, -0.2) is 64.3 Å². The smallest absolute Gasteiger partial charge is 0.315 e. The first-order valence-electron chi connectivity index (χ1n) is 13.8. The molecule has 1 saturated heterocycles. The zero-order chi connectivity index (χ0) is 30.6. The van der Waals surface area contributed by atoms with Crippen molar-refractivity contribution in [3.05, 3.63) is 64.7 Å². The molecule has 0 aromatic heterocycles. The Hall–Kier alpha value is -3.30. The lowest BCUT2D eigenvalue weighted by Gasteiger charge is -2.51. The summed E-state index contributed by atoms with van der Waals surface area (Å²) in [4.78, 5) is 40.5. The lowest BCUT2D eigenvalue weighted by atomic mass is 9.66. The standard InChI is InChI=1S/C31H42ClN3O6/c1-20(2)26(27(38)35-16-15-31(40,29(3,4)19-35)22-9-11-23(32)12-10-22)34-28(39)33-18-30(5,6)41-25(37)17-21-7-13-24(36)14-8-21/h7-14,20,26,36,40H,15-19H2,1-6H3,(H2,33,34,39)/t26-,31+/m1/s1. The third kappa shape index (κ3) is 8.14. The number of hydrogen-bond donors (Lipinski definition) is 4. The Balaban J connectivity index is 1.57. The van der Waals surface area contributed by atoms with Crippen LogP contribution in [0.3, 0.4) is 0 Å². The van der Waals surface area contributed by atoms with Gasteiger partial charge in [0.15, 0.2) is 0 Å². The van der Waals surface area contributed by atoms with Crippen molar-refractivity contribution >= 4 is 29.5 Å². The molecule has 2 atom stereocenters. The number of amides is 3. The molecule has 2 aromatic rings. The lowest BCUT2D eigenvalue weighted by Crippen LogP contribution is -2.61. The van der Waals surface area contributed by atoms with Crippen molar-refractivity contribution in [2.75, 3.05) is 19.6 Å². The molecule has 0 unspecified atom stereocenters. The number of carbonyl (C=O) groups excluding carboxylic acids is 3. The van der Waals surface area contributed by atoms with Crippen molar-refractivity contribution in [1.82, 2.24) is 15.5 Å². The van der Waals surface area contributed by atoms with E-state index in [1.807, 2.05) is 39.8 Å². The average Bonchev–Trinajstić information content (AvgIpc) is 2.88. The molecule has 9 nitrogen and oxygen atoms in total. The summed E-state index contributed by atoms with van der Waals surface area (Å²) in [6.07, 6.45) is 0.368. The largest absolute Gasteiger partial charge is 0.508 e. The van der Waals surface area contributed by atoms with Gasteiger partial charge in [0.05, 0.1) is 18.6 Å². The van der Waals surface area contributed by atoms with Gasteiger partial charge in [0.2, 0.25) is 5.91 Å². The second kappa shape index (κ2) is 12.7. The second-order valence-corrected chi connectivity index (χ2v) is 12.8. The van der Waals surface area contributed by atoms with Gasteiger partial charge in [-0.25, -0.2) is 4.79 Å². The van der Waals surface area contributed by atoms with Crippen molar-refractivity contribution in [1.29, 1.82) is 0 Å². The van der Waals surface area contributed by atoms with E-state index in [1.165, 1.54) is 12.1 Å². The fourth-order valence-electron chi connectivity index (χ4n) is 5.13. The molecule has 0 spiro atoms. The molecule has 1 fully saturated rings. The number of likely N-dealkylation sites (tertiary alicyclic amines) is 1. The first-order chi connectivity index (χ1) is 19.0. The molecule has 4 N–H and O–H groups in total. The van der Waals surface area contributed by atoms with E-state index >= 15 is 0 Å². The first kappa shape index (κ1) is 32.2. The Morgan fingerprint density at radius 1 is 1.07 bits per heavy atom. The van der Waals surface area contributed by atoms with Crippen LogP contribution in [0.5, 0.6) is 5.75 Å². The van der Waals surface area contributed by atoms with Crippen molar-refractivity contribution in [2.45, 2.75) is 71.6 Å². The predicted molar refractivity (Wildman–Crippen MR) is 157 cm³/mol. The number of phenolic OH excluding ortho intramolecular Hbond substituents is 1.